The zero-order valence-corrected chi connectivity index (χ0v) is 14.8. The molecule has 0 unspecified atom stereocenters. The largest absolute Gasteiger partial charge is 0.573 e. The molecular weight excluding hydrogens is 406 g/mol. The van der Waals surface area contributed by atoms with Gasteiger partial charge >= 0.3 is 6.36 Å². The van der Waals surface area contributed by atoms with Crippen molar-refractivity contribution in [3.8, 4) is 5.75 Å². The van der Waals surface area contributed by atoms with Gasteiger partial charge in [-0.25, -0.2) is 17.8 Å². The fourth-order valence-electron chi connectivity index (χ4n) is 2.48. The molecule has 1 fully saturated rings. The molecule has 1 aliphatic rings. The molecule has 150 valence electrons. The first-order chi connectivity index (χ1) is 13.0. The van der Waals surface area contributed by atoms with Crippen LogP contribution in [0.1, 0.15) is 10.5 Å². The second-order valence-electron chi connectivity index (χ2n) is 5.94. The van der Waals surface area contributed by atoms with Gasteiger partial charge in [-0.05, 0) is 30.3 Å². The molecule has 1 aliphatic heterocycles. The normalized spacial score (nSPS) is 15.2. The second-order valence-corrected chi connectivity index (χ2v) is 7.89. The maximum Gasteiger partial charge on any atom is 0.573 e. The quantitative estimate of drug-likeness (QED) is 0.763. The number of amides is 1. The number of pyridine rings is 1. The average Bonchev–Trinajstić information content (AvgIpc) is 2.57. The van der Waals surface area contributed by atoms with E-state index in [-0.39, 0.29) is 34.3 Å². The average molecular weight is 419 g/mol. The predicted octanol–water partition coefficient (Wildman–Crippen LogP) is 2.19. The number of alkyl halides is 4. The molecule has 0 saturated carbocycles. The second kappa shape index (κ2) is 6.93. The number of halogens is 4. The summed E-state index contributed by atoms with van der Waals surface area (Å²) in [6, 6.07) is 4.60. The Kier molecular flexibility index (Phi) is 4.91. The van der Waals surface area contributed by atoms with Gasteiger partial charge in [0.2, 0.25) is 9.84 Å². The minimum Gasteiger partial charge on any atom is -0.406 e. The molecule has 2 heterocycles. The summed E-state index contributed by atoms with van der Waals surface area (Å²) >= 11 is 0. The van der Waals surface area contributed by atoms with Crippen molar-refractivity contribution in [2.45, 2.75) is 22.3 Å². The first kappa shape index (κ1) is 19.9. The molecule has 0 spiro atoms. The molecule has 0 bridgehead atoms. The molecule has 12 heteroatoms. The highest BCUT2D eigenvalue weighted by molar-refractivity contribution is 7.91. The van der Waals surface area contributed by atoms with Gasteiger partial charge in [-0.1, -0.05) is 0 Å². The van der Waals surface area contributed by atoms with Crippen molar-refractivity contribution in [3.63, 3.8) is 0 Å². The van der Waals surface area contributed by atoms with Crippen LogP contribution in [0.4, 0.5) is 23.2 Å². The summed E-state index contributed by atoms with van der Waals surface area (Å²) in [6.45, 7) is -0.182. The summed E-state index contributed by atoms with van der Waals surface area (Å²) in [5, 5.41) is 0. The number of hydrogen-bond donors (Lipinski definition) is 1. The van der Waals surface area contributed by atoms with Crippen LogP contribution in [0.25, 0.3) is 0 Å². The molecule has 2 N–H and O–H groups in total. The Labute approximate surface area is 156 Å². The van der Waals surface area contributed by atoms with Gasteiger partial charge in [-0.2, -0.15) is 0 Å². The van der Waals surface area contributed by atoms with E-state index in [4.69, 9.17) is 5.73 Å². The van der Waals surface area contributed by atoms with Crippen LogP contribution in [0.3, 0.4) is 0 Å². The summed E-state index contributed by atoms with van der Waals surface area (Å²) < 4.78 is 78.3. The predicted molar refractivity (Wildman–Crippen MR) is 88.0 cm³/mol. The zero-order valence-electron chi connectivity index (χ0n) is 14.0. The van der Waals surface area contributed by atoms with Crippen molar-refractivity contribution < 1.29 is 35.5 Å². The molecule has 1 aromatic carbocycles. The third-order valence-corrected chi connectivity index (χ3v) is 5.63. The molecule has 0 radical (unpaired) electrons. The van der Waals surface area contributed by atoms with Crippen LogP contribution in [0.15, 0.2) is 46.3 Å². The van der Waals surface area contributed by atoms with E-state index in [1.165, 1.54) is 4.90 Å². The number of anilines is 1. The van der Waals surface area contributed by atoms with Crippen LogP contribution in [0.2, 0.25) is 0 Å². The lowest BCUT2D eigenvalue weighted by Gasteiger charge is -2.34. The number of nitrogens with two attached hydrogens (primary N) is 1. The smallest absolute Gasteiger partial charge is 0.406 e. The lowest BCUT2D eigenvalue weighted by molar-refractivity contribution is -0.274. The molecule has 1 amide bonds. The highest BCUT2D eigenvalue weighted by atomic mass is 32.2. The minimum atomic E-state index is -4.90. The first-order valence-electron chi connectivity index (χ1n) is 7.77. The van der Waals surface area contributed by atoms with Crippen LogP contribution in [0, 0.1) is 0 Å². The van der Waals surface area contributed by atoms with Crippen molar-refractivity contribution >= 4 is 21.4 Å². The van der Waals surface area contributed by atoms with E-state index < -0.39 is 34.0 Å². The van der Waals surface area contributed by atoms with Gasteiger partial charge in [-0.15, -0.1) is 13.2 Å². The first-order valence-corrected chi connectivity index (χ1v) is 9.25. The molecule has 1 aromatic heterocycles. The van der Waals surface area contributed by atoms with Crippen LogP contribution >= 0.6 is 0 Å². The Morgan fingerprint density at radius 1 is 1.18 bits per heavy atom. The maximum atomic E-state index is 12.9. The Hall–Kier alpha value is -2.89. The fourth-order valence-corrected chi connectivity index (χ4v) is 3.72. The number of likely N-dealkylation sites (tertiary alicyclic amines) is 1. The third kappa shape index (κ3) is 4.01. The van der Waals surface area contributed by atoms with E-state index in [9.17, 15) is 30.8 Å². The maximum absolute atomic E-state index is 12.9. The molecule has 0 aliphatic carbocycles. The summed E-state index contributed by atoms with van der Waals surface area (Å²) in [6.07, 6.45) is -5.11. The van der Waals surface area contributed by atoms with Crippen molar-refractivity contribution in [2.24, 2.45) is 0 Å². The molecule has 3 rings (SSSR count). The third-order valence-electron chi connectivity index (χ3n) is 3.90. The fraction of sp³-hybridized carbons (Fsp3) is 0.250. The van der Waals surface area contributed by atoms with Crippen molar-refractivity contribution in [2.75, 3.05) is 18.8 Å². The number of rotatable bonds is 4. The monoisotopic (exact) mass is 419 g/mol. The number of sulfone groups is 1. The van der Waals surface area contributed by atoms with Gasteiger partial charge in [-0.3, -0.25) is 4.79 Å². The van der Waals surface area contributed by atoms with Crippen LogP contribution in [-0.4, -0.2) is 49.8 Å². The van der Waals surface area contributed by atoms with E-state index in [0.29, 0.717) is 0 Å². The van der Waals surface area contributed by atoms with E-state index in [2.05, 4.69) is 9.72 Å². The van der Waals surface area contributed by atoms with Gasteiger partial charge in [0, 0.05) is 6.20 Å². The SMILES string of the molecule is Nc1cc(S(=O)(=O)c2ccc(OC(F)(F)F)cc2)cnc1C(=O)N1CC(F)C1. The molecule has 1 saturated heterocycles. The molecule has 0 atom stereocenters. The zero-order chi connectivity index (χ0) is 20.7. The highest BCUT2D eigenvalue weighted by Gasteiger charge is 2.33. The van der Waals surface area contributed by atoms with E-state index in [1.54, 1.807) is 0 Å². The number of hydrogen-bond acceptors (Lipinski definition) is 6. The summed E-state index contributed by atoms with van der Waals surface area (Å²) in [7, 11) is -4.15. The highest BCUT2D eigenvalue weighted by Crippen LogP contribution is 2.28. The van der Waals surface area contributed by atoms with Crippen molar-refractivity contribution in [1.29, 1.82) is 0 Å². The van der Waals surface area contributed by atoms with E-state index in [1.807, 2.05) is 0 Å². The Morgan fingerprint density at radius 3 is 2.29 bits per heavy atom. The number of aromatic nitrogens is 1. The number of carbonyl (C=O) groups is 1. The van der Waals surface area contributed by atoms with Gasteiger partial charge in [0.15, 0.2) is 5.69 Å². The van der Waals surface area contributed by atoms with E-state index in [0.717, 1.165) is 36.5 Å². The lowest BCUT2D eigenvalue weighted by atomic mass is 10.1. The summed E-state index contributed by atoms with van der Waals surface area (Å²) in [4.78, 5) is 16.4. The van der Waals surface area contributed by atoms with E-state index >= 15 is 0 Å². The topological polar surface area (TPSA) is 103 Å². The molecule has 7 nitrogen and oxygen atoms in total. The van der Waals surface area contributed by atoms with Crippen LogP contribution in [-0.2, 0) is 9.84 Å². The molecular formula is C16H13F4N3O4S. The Balaban J connectivity index is 1.84. The van der Waals surface area contributed by atoms with Crippen molar-refractivity contribution in [1.82, 2.24) is 9.88 Å². The number of ether oxygens (including phenoxy) is 1. The lowest BCUT2D eigenvalue weighted by Crippen LogP contribution is -2.51. The van der Waals surface area contributed by atoms with Gasteiger partial charge in [0.05, 0.1) is 28.6 Å². The van der Waals surface area contributed by atoms with Crippen LogP contribution in [0.5, 0.6) is 5.75 Å². The number of nitrogen functional groups attached to an aromatic ring is 1. The number of benzene rings is 1. The molecule has 28 heavy (non-hydrogen) atoms. The van der Waals surface area contributed by atoms with Gasteiger partial charge in [0.25, 0.3) is 5.91 Å². The minimum absolute atomic E-state index is 0.0909. The van der Waals surface area contributed by atoms with Gasteiger partial charge in [0.1, 0.15) is 11.9 Å². The Morgan fingerprint density at radius 2 is 1.79 bits per heavy atom. The number of nitrogens with zero attached hydrogens (tertiary/aromatic N) is 2. The molecule has 2 aromatic rings. The standard InChI is InChI=1S/C16H13F4N3O4S/c17-9-7-23(8-9)15(24)14-13(21)5-12(6-22-14)28(25,26)11-3-1-10(2-4-11)27-16(18,19)20/h1-6,9H,7-8,21H2. The van der Waals surface area contributed by atoms with Crippen LogP contribution < -0.4 is 10.5 Å². The summed E-state index contributed by atoms with van der Waals surface area (Å²) in [5.74, 6) is -1.20. The van der Waals surface area contributed by atoms with Crippen molar-refractivity contribution in [3.05, 3.63) is 42.2 Å². The number of carbonyl (C=O) groups excluding carboxylic acids is 1. The Bertz CT molecular complexity index is 1000. The van der Waals surface area contributed by atoms with Gasteiger partial charge < -0.3 is 15.4 Å². The summed E-state index contributed by atoms with van der Waals surface area (Å²) in [5.41, 5.74) is 5.30.